The molecule has 1 aromatic carbocycles. The Kier molecular flexibility index (Phi) is 5.54. The summed E-state index contributed by atoms with van der Waals surface area (Å²) < 4.78 is 34.7. The average molecular weight is 338 g/mol. The normalized spacial score (nSPS) is 11.4. The van der Waals surface area contributed by atoms with Crippen molar-refractivity contribution in [1.29, 1.82) is 0 Å². The number of hydrogen-bond acceptors (Lipinski definition) is 5. The lowest BCUT2D eigenvalue weighted by molar-refractivity contribution is 0.0995. The first-order chi connectivity index (χ1) is 10.9. The molecule has 2 aromatic rings. The van der Waals surface area contributed by atoms with Crippen LogP contribution in [0.1, 0.15) is 21.9 Å². The van der Waals surface area contributed by atoms with Crippen LogP contribution < -0.4 is 10.0 Å². The first-order valence-electron chi connectivity index (χ1n) is 6.80. The fourth-order valence-corrected chi connectivity index (χ4v) is 2.25. The highest BCUT2D eigenvalue weighted by Gasteiger charge is 2.12. The lowest BCUT2D eigenvalue weighted by atomic mass is 10.2. The summed E-state index contributed by atoms with van der Waals surface area (Å²) in [7, 11) is -1.70. The molecular weight excluding hydrogens is 320 g/mol. The Labute approximate surface area is 134 Å². The van der Waals surface area contributed by atoms with Gasteiger partial charge in [-0.3, -0.25) is 4.79 Å². The highest BCUT2D eigenvalue weighted by atomic mass is 32.2. The molecule has 0 unspecified atom stereocenters. The highest BCUT2D eigenvalue weighted by Crippen LogP contribution is 2.14. The van der Waals surface area contributed by atoms with Gasteiger partial charge in [0.1, 0.15) is 5.76 Å². The highest BCUT2D eigenvalue weighted by molar-refractivity contribution is 7.88. The van der Waals surface area contributed by atoms with Gasteiger partial charge in [0.25, 0.3) is 5.91 Å². The van der Waals surface area contributed by atoms with Crippen LogP contribution in [0, 0.1) is 0 Å². The molecule has 1 aromatic heterocycles. The van der Waals surface area contributed by atoms with E-state index in [4.69, 9.17) is 9.15 Å². The molecule has 0 saturated heterocycles. The topological polar surface area (TPSA) is 97.6 Å². The van der Waals surface area contributed by atoms with Gasteiger partial charge in [-0.25, -0.2) is 13.1 Å². The second kappa shape index (κ2) is 7.40. The Morgan fingerprint density at radius 2 is 1.87 bits per heavy atom. The predicted octanol–water partition coefficient (Wildman–Crippen LogP) is 1.73. The van der Waals surface area contributed by atoms with Crippen molar-refractivity contribution >= 4 is 21.6 Å². The van der Waals surface area contributed by atoms with Crippen LogP contribution in [-0.2, 0) is 27.9 Å². The van der Waals surface area contributed by atoms with Crippen molar-refractivity contribution in [3.8, 4) is 0 Å². The molecule has 2 N–H and O–H groups in total. The van der Waals surface area contributed by atoms with E-state index in [2.05, 4.69) is 10.0 Å². The lowest BCUT2D eigenvalue weighted by Crippen LogP contribution is -2.20. The summed E-state index contributed by atoms with van der Waals surface area (Å²) in [5.74, 6) is 0.0578. The van der Waals surface area contributed by atoms with Gasteiger partial charge in [-0.05, 0) is 29.8 Å². The number of anilines is 1. The SMILES string of the molecule is COCc1ccc(NC(=O)c2ccc(CNS(C)(=O)=O)o2)cc1. The maximum absolute atomic E-state index is 12.1. The van der Waals surface area contributed by atoms with E-state index in [1.54, 1.807) is 25.3 Å². The van der Waals surface area contributed by atoms with E-state index < -0.39 is 15.9 Å². The largest absolute Gasteiger partial charge is 0.455 e. The number of nitrogens with one attached hydrogen (secondary N) is 2. The molecule has 0 bridgehead atoms. The van der Waals surface area contributed by atoms with Crippen LogP contribution in [0.15, 0.2) is 40.8 Å². The number of ether oxygens (including phenoxy) is 1. The molecule has 2 rings (SSSR count). The molecule has 7 nitrogen and oxygen atoms in total. The Balaban J connectivity index is 1.96. The number of carbonyl (C=O) groups is 1. The van der Waals surface area contributed by atoms with Gasteiger partial charge < -0.3 is 14.5 Å². The van der Waals surface area contributed by atoms with E-state index in [0.717, 1.165) is 11.8 Å². The quantitative estimate of drug-likeness (QED) is 0.801. The van der Waals surface area contributed by atoms with Crippen molar-refractivity contribution in [2.45, 2.75) is 13.2 Å². The summed E-state index contributed by atoms with van der Waals surface area (Å²) in [6, 6.07) is 10.3. The first-order valence-corrected chi connectivity index (χ1v) is 8.69. The number of hydrogen-bond donors (Lipinski definition) is 2. The van der Waals surface area contributed by atoms with E-state index in [-0.39, 0.29) is 12.3 Å². The molecule has 0 saturated carbocycles. The summed E-state index contributed by atoms with van der Waals surface area (Å²) in [4.78, 5) is 12.1. The first kappa shape index (κ1) is 17.2. The summed E-state index contributed by atoms with van der Waals surface area (Å²) >= 11 is 0. The van der Waals surface area contributed by atoms with Crippen LogP contribution in [0.25, 0.3) is 0 Å². The molecule has 0 aliphatic rings. The zero-order valence-electron chi connectivity index (χ0n) is 12.8. The van der Waals surface area contributed by atoms with Crippen LogP contribution in [-0.4, -0.2) is 27.7 Å². The van der Waals surface area contributed by atoms with E-state index >= 15 is 0 Å². The molecule has 1 heterocycles. The molecule has 0 atom stereocenters. The van der Waals surface area contributed by atoms with Crippen molar-refractivity contribution in [2.75, 3.05) is 18.7 Å². The minimum atomic E-state index is -3.31. The Bertz CT molecular complexity index is 765. The van der Waals surface area contributed by atoms with Gasteiger partial charge in [0.15, 0.2) is 5.76 Å². The Morgan fingerprint density at radius 3 is 2.48 bits per heavy atom. The van der Waals surface area contributed by atoms with Gasteiger partial charge in [0, 0.05) is 12.8 Å². The summed E-state index contributed by atoms with van der Waals surface area (Å²) in [5, 5.41) is 2.70. The fraction of sp³-hybridized carbons (Fsp3) is 0.267. The predicted molar refractivity (Wildman–Crippen MR) is 85.5 cm³/mol. The molecule has 0 aliphatic heterocycles. The number of benzene rings is 1. The second-order valence-electron chi connectivity index (χ2n) is 4.94. The number of carbonyl (C=O) groups excluding carboxylic acids is 1. The third-order valence-electron chi connectivity index (χ3n) is 2.92. The lowest BCUT2D eigenvalue weighted by Gasteiger charge is -2.05. The number of amides is 1. The van der Waals surface area contributed by atoms with Crippen molar-refractivity contribution in [3.05, 3.63) is 53.5 Å². The van der Waals surface area contributed by atoms with Crippen LogP contribution >= 0.6 is 0 Å². The second-order valence-corrected chi connectivity index (χ2v) is 6.78. The molecule has 0 aliphatic carbocycles. The molecule has 0 fully saturated rings. The van der Waals surface area contributed by atoms with Crippen LogP contribution in [0.4, 0.5) is 5.69 Å². The van der Waals surface area contributed by atoms with Gasteiger partial charge >= 0.3 is 0 Å². The molecule has 8 heteroatoms. The molecule has 124 valence electrons. The van der Waals surface area contributed by atoms with Crippen molar-refractivity contribution < 1.29 is 22.4 Å². The molecular formula is C15H18N2O5S. The zero-order valence-corrected chi connectivity index (χ0v) is 13.6. The van der Waals surface area contributed by atoms with E-state index in [1.165, 1.54) is 6.07 Å². The minimum absolute atomic E-state index is 0.00215. The third kappa shape index (κ3) is 5.51. The van der Waals surface area contributed by atoms with E-state index in [0.29, 0.717) is 18.1 Å². The number of sulfonamides is 1. The molecule has 1 amide bonds. The number of rotatable bonds is 7. The maximum atomic E-state index is 12.1. The van der Waals surface area contributed by atoms with Crippen molar-refractivity contribution in [1.82, 2.24) is 4.72 Å². The number of methoxy groups -OCH3 is 1. The summed E-state index contributed by atoms with van der Waals surface area (Å²) in [6.45, 7) is 0.501. The monoisotopic (exact) mass is 338 g/mol. The Morgan fingerprint density at radius 1 is 1.17 bits per heavy atom. The minimum Gasteiger partial charge on any atom is -0.455 e. The number of furan rings is 1. The van der Waals surface area contributed by atoms with Gasteiger partial charge in [0.2, 0.25) is 10.0 Å². The molecule has 23 heavy (non-hydrogen) atoms. The Hall–Kier alpha value is -2.16. The smallest absolute Gasteiger partial charge is 0.291 e. The standard InChI is InChI=1S/C15H18N2O5S/c1-21-10-11-3-5-12(6-4-11)17-15(18)14-8-7-13(22-14)9-16-23(2,19)20/h3-8,16H,9-10H2,1-2H3,(H,17,18). The fourth-order valence-electron chi connectivity index (χ4n) is 1.84. The zero-order chi connectivity index (χ0) is 16.9. The summed E-state index contributed by atoms with van der Waals surface area (Å²) in [6.07, 6.45) is 1.05. The average Bonchev–Trinajstić information content (AvgIpc) is 2.96. The maximum Gasteiger partial charge on any atom is 0.291 e. The molecule has 0 radical (unpaired) electrons. The van der Waals surface area contributed by atoms with Crippen molar-refractivity contribution in [2.24, 2.45) is 0 Å². The van der Waals surface area contributed by atoms with E-state index in [1.807, 2.05) is 12.1 Å². The van der Waals surface area contributed by atoms with Gasteiger partial charge in [-0.1, -0.05) is 12.1 Å². The van der Waals surface area contributed by atoms with E-state index in [9.17, 15) is 13.2 Å². The van der Waals surface area contributed by atoms with Crippen LogP contribution in [0.3, 0.4) is 0 Å². The van der Waals surface area contributed by atoms with Crippen LogP contribution in [0.2, 0.25) is 0 Å². The van der Waals surface area contributed by atoms with Gasteiger partial charge in [-0.2, -0.15) is 0 Å². The third-order valence-corrected chi connectivity index (χ3v) is 3.59. The molecule has 0 spiro atoms. The van der Waals surface area contributed by atoms with Crippen molar-refractivity contribution in [3.63, 3.8) is 0 Å². The summed E-state index contributed by atoms with van der Waals surface area (Å²) in [5.41, 5.74) is 1.62. The van der Waals surface area contributed by atoms with Gasteiger partial charge in [-0.15, -0.1) is 0 Å². The van der Waals surface area contributed by atoms with Gasteiger partial charge in [0.05, 0.1) is 19.4 Å². The van der Waals surface area contributed by atoms with Crippen LogP contribution in [0.5, 0.6) is 0 Å².